The van der Waals surface area contributed by atoms with Crippen LogP contribution >= 0.6 is 27.7 Å². The number of thioether (sulfide) groups is 1. The number of hydrogen-bond donors (Lipinski definition) is 1. The molecule has 0 radical (unpaired) electrons. The van der Waals surface area contributed by atoms with Crippen LogP contribution in [-0.2, 0) is 6.54 Å². The highest BCUT2D eigenvalue weighted by Crippen LogP contribution is 2.28. The standard InChI is InChI=1S/C16H19BrN6S/c17-14-8-3-2-7-13(14)15-20-21-16(23(15)18)24-12-5-1-4-10-22-11-6-9-19-22/h2-3,6-9,11H,1,4-5,10,12,18H2. The molecule has 1 aromatic carbocycles. The Bertz CT molecular complexity index is 771. The zero-order chi connectivity index (χ0) is 16.8. The third-order valence-corrected chi connectivity index (χ3v) is 5.32. The van der Waals surface area contributed by atoms with Gasteiger partial charge in [0.1, 0.15) is 0 Å². The van der Waals surface area contributed by atoms with Crippen LogP contribution in [0.1, 0.15) is 19.3 Å². The topological polar surface area (TPSA) is 74.5 Å². The Morgan fingerprint density at radius 3 is 2.75 bits per heavy atom. The molecule has 2 aromatic heterocycles. The molecule has 6 nitrogen and oxygen atoms in total. The molecule has 0 bridgehead atoms. The molecule has 8 heteroatoms. The molecule has 0 aliphatic carbocycles. The molecule has 0 aliphatic heterocycles. The molecule has 126 valence electrons. The Labute approximate surface area is 153 Å². The number of nitrogens with zero attached hydrogens (tertiary/aromatic N) is 5. The molecule has 0 saturated heterocycles. The van der Waals surface area contributed by atoms with Gasteiger partial charge in [0.25, 0.3) is 0 Å². The van der Waals surface area contributed by atoms with Crippen molar-refractivity contribution < 1.29 is 0 Å². The molecular formula is C16H19BrN6S. The molecule has 2 N–H and O–H groups in total. The van der Waals surface area contributed by atoms with Gasteiger partial charge in [-0.05, 0) is 31.0 Å². The van der Waals surface area contributed by atoms with Crippen LogP contribution in [0, 0.1) is 0 Å². The second-order valence-corrected chi connectivity index (χ2v) is 7.25. The van der Waals surface area contributed by atoms with Crippen molar-refractivity contribution in [3.63, 3.8) is 0 Å². The Balaban J connectivity index is 1.47. The zero-order valence-corrected chi connectivity index (χ0v) is 15.6. The Kier molecular flexibility index (Phi) is 5.92. The number of nitrogens with two attached hydrogens (primary N) is 1. The summed E-state index contributed by atoms with van der Waals surface area (Å²) in [7, 11) is 0. The fourth-order valence-electron chi connectivity index (χ4n) is 2.35. The predicted molar refractivity (Wildman–Crippen MR) is 100 cm³/mol. The first-order valence-electron chi connectivity index (χ1n) is 7.81. The summed E-state index contributed by atoms with van der Waals surface area (Å²) in [5.74, 6) is 7.79. The summed E-state index contributed by atoms with van der Waals surface area (Å²) < 4.78 is 4.49. The van der Waals surface area contributed by atoms with Crippen molar-refractivity contribution >= 4 is 27.7 Å². The number of rotatable bonds is 8. The van der Waals surface area contributed by atoms with Gasteiger partial charge in [-0.15, -0.1) is 10.2 Å². The minimum atomic E-state index is 0.670. The molecule has 0 aliphatic rings. The minimum absolute atomic E-state index is 0.670. The van der Waals surface area contributed by atoms with Crippen LogP contribution in [0.15, 0.2) is 52.4 Å². The van der Waals surface area contributed by atoms with E-state index in [9.17, 15) is 0 Å². The Morgan fingerprint density at radius 1 is 1.08 bits per heavy atom. The van der Waals surface area contributed by atoms with E-state index in [-0.39, 0.29) is 0 Å². The summed E-state index contributed by atoms with van der Waals surface area (Å²) in [4.78, 5) is 0. The van der Waals surface area contributed by atoms with E-state index in [1.54, 1.807) is 16.4 Å². The molecule has 0 saturated carbocycles. The third kappa shape index (κ3) is 4.18. The normalized spacial score (nSPS) is 11.0. The number of aryl methyl sites for hydroxylation is 1. The van der Waals surface area contributed by atoms with Gasteiger partial charge in [0.05, 0.1) is 0 Å². The number of aromatic nitrogens is 5. The number of unbranched alkanes of at least 4 members (excludes halogenated alkanes) is 2. The van der Waals surface area contributed by atoms with Crippen molar-refractivity contribution in [2.45, 2.75) is 31.0 Å². The van der Waals surface area contributed by atoms with Crippen molar-refractivity contribution in [2.75, 3.05) is 11.6 Å². The summed E-state index contributed by atoms with van der Waals surface area (Å²) in [6, 6.07) is 9.81. The summed E-state index contributed by atoms with van der Waals surface area (Å²) >= 11 is 5.17. The van der Waals surface area contributed by atoms with Crippen molar-refractivity contribution in [1.82, 2.24) is 24.7 Å². The molecule has 2 heterocycles. The maximum absolute atomic E-state index is 6.15. The van der Waals surface area contributed by atoms with Crippen LogP contribution in [-0.4, -0.2) is 30.4 Å². The van der Waals surface area contributed by atoms with E-state index < -0.39 is 0 Å². The molecule has 0 fully saturated rings. The van der Waals surface area contributed by atoms with Gasteiger partial charge in [0.2, 0.25) is 5.16 Å². The number of nitrogen functional groups attached to an aromatic ring is 1. The highest BCUT2D eigenvalue weighted by Gasteiger charge is 2.13. The van der Waals surface area contributed by atoms with Crippen LogP contribution in [0.3, 0.4) is 0 Å². The average Bonchev–Trinajstić information content (AvgIpc) is 3.22. The molecule has 24 heavy (non-hydrogen) atoms. The van der Waals surface area contributed by atoms with E-state index in [0.717, 1.165) is 46.8 Å². The fourth-order valence-corrected chi connectivity index (χ4v) is 3.67. The molecule has 3 aromatic rings. The van der Waals surface area contributed by atoms with Crippen LogP contribution in [0.2, 0.25) is 0 Å². The van der Waals surface area contributed by atoms with Gasteiger partial charge < -0.3 is 5.84 Å². The Hall–Kier alpha value is -1.80. The molecular weight excluding hydrogens is 388 g/mol. The fraction of sp³-hybridized carbons (Fsp3) is 0.312. The predicted octanol–water partition coefficient (Wildman–Crippen LogP) is 3.58. The van der Waals surface area contributed by atoms with E-state index in [2.05, 4.69) is 31.2 Å². The molecule has 0 spiro atoms. The van der Waals surface area contributed by atoms with E-state index in [1.165, 1.54) is 0 Å². The van der Waals surface area contributed by atoms with Gasteiger partial charge in [0.15, 0.2) is 5.82 Å². The van der Waals surface area contributed by atoms with Crippen LogP contribution in [0.4, 0.5) is 0 Å². The average molecular weight is 407 g/mol. The lowest BCUT2D eigenvalue weighted by Crippen LogP contribution is -2.11. The van der Waals surface area contributed by atoms with E-state index in [4.69, 9.17) is 5.84 Å². The largest absolute Gasteiger partial charge is 0.335 e. The van der Waals surface area contributed by atoms with Crippen molar-refractivity contribution in [2.24, 2.45) is 0 Å². The van der Waals surface area contributed by atoms with Crippen LogP contribution in [0.25, 0.3) is 11.4 Å². The Morgan fingerprint density at radius 2 is 1.96 bits per heavy atom. The van der Waals surface area contributed by atoms with Crippen molar-refractivity contribution in [1.29, 1.82) is 0 Å². The van der Waals surface area contributed by atoms with Crippen molar-refractivity contribution in [3.05, 3.63) is 47.2 Å². The molecule has 0 amide bonds. The van der Waals surface area contributed by atoms with Gasteiger partial charge in [-0.3, -0.25) is 4.68 Å². The quantitative estimate of drug-likeness (QED) is 0.351. The highest BCUT2D eigenvalue weighted by molar-refractivity contribution is 9.10. The van der Waals surface area contributed by atoms with E-state index >= 15 is 0 Å². The number of halogens is 1. The number of hydrogen-bond acceptors (Lipinski definition) is 5. The summed E-state index contributed by atoms with van der Waals surface area (Å²) in [6.07, 6.45) is 7.20. The van der Waals surface area contributed by atoms with Gasteiger partial charge in [0, 0.05) is 34.7 Å². The second-order valence-electron chi connectivity index (χ2n) is 5.33. The zero-order valence-electron chi connectivity index (χ0n) is 13.2. The molecule has 3 rings (SSSR count). The minimum Gasteiger partial charge on any atom is -0.335 e. The van der Waals surface area contributed by atoms with Gasteiger partial charge in [-0.25, -0.2) is 4.68 Å². The lowest BCUT2D eigenvalue weighted by Gasteiger charge is -2.05. The van der Waals surface area contributed by atoms with Gasteiger partial charge >= 0.3 is 0 Å². The van der Waals surface area contributed by atoms with Crippen LogP contribution in [0.5, 0.6) is 0 Å². The van der Waals surface area contributed by atoms with Crippen LogP contribution < -0.4 is 5.84 Å². The monoisotopic (exact) mass is 406 g/mol. The molecule has 0 unspecified atom stereocenters. The number of benzene rings is 1. The first-order valence-corrected chi connectivity index (χ1v) is 9.59. The van der Waals surface area contributed by atoms with Gasteiger partial charge in [-0.1, -0.05) is 46.2 Å². The highest BCUT2D eigenvalue weighted by atomic mass is 79.9. The van der Waals surface area contributed by atoms with E-state index in [0.29, 0.717) is 5.82 Å². The summed E-state index contributed by atoms with van der Waals surface area (Å²) in [5, 5.41) is 13.4. The summed E-state index contributed by atoms with van der Waals surface area (Å²) in [5.41, 5.74) is 0.943. The van der Waals surface area contributed by atoms with Gasteiger partial charge in [-0.2, -0.15) is 5.10 Å². The second kappa shape index (κ2) is 8.34. The lowest BCUT2D eigenvalue weighted by atomic mass is 10.2. The first-order chi connectivity index (χ1) is 11.8. The third-order valence-electron chi connectivity index (χ3n) is 3.60. The van der Waals surface area contributed by atoms with Crippen molar-refractivity contribution in [3.8, 4) is 11.4 Å². The van der Waals surface area contributed by atoms with E-state index in [1.807, 2.05) is 47.4 Å². The first kappa shape index (κ1) is 17.0. The maximum Gasteiger partial charge on any atom is 0.210 e. The molecule has 0 atom stereocenters. The SMILES string of the molecule is Nn1c(SCCCCCn2cccn2)nnc1-c1ccccc1Br. The smallest absolute Gasteiger partial charge is 0.210 e. The lowest BCUT2D eigenvalue weighted by molar-refractivity contribution is 0.554. The summed E-state index contributed by atoms with van der Waals surface area (Å²) in [6.45, 7) is 0.969. The maximum atomic E-state index is 6.15.